The second-order valence-electron chi connectivity index (χ2n) is 15.0. The molecule has 2 heterocycles. The molecule has 0 spiro atoms. The molecular formula is C48H49NO4. The zero-order chi connectivity index (χ0) is 36.2. The van der Waals surface area contributed by atoms with E-state index in [2.05, 4.69) is 122 Å². The van der Waals surface area contributed by atoms with Gasteiger partial charge in [0.25, 0.3) is 0 Å². The van der Waals surface area contributed by atoms with Crippen LogP contribution in [0.15, 0.2) is 109 Å². The lowest BCUT2D eigenvalue weighted by molar-refractivity contribution is 0.0783. The minimum atomic E-state index is -0.603. The molecule has 270 valence electrons. The maximum atomic E-state index is 7.78. The maximum Gasteiger partial charge on any atom is 0.156 e. The molecule has 0 N–H and O–H groups in total. The molecule has 2 aliphatic carbocycles. The predicted molar refractivity (Wildman–Crippen MR) is 216 cm³/mol. The summed E-state index contributed by atoms with van der Waals surface area (Å²) in [5.41, 5.74) is 12.4. The molecule has 0 aromatic heterocycles. The lowest BCUT2D eigenvalue weighted by Crippen LogP contribution is -2.40. The quantitative estimate of drug-likeness (QED) is 0.161. The Labute approximate surface area is 313 Å². The van der Waals surface area contributed by atoms with Crippen molar-refractivity contribution in [2.45, 2.75) is 63.4 Å². The third kappa shape index (κ3) is 5.22. The smallest absolute Gasteiger partial charge is 0.156 e. The van der Waals surface area contributed by atoms with Gasteiger partial charge in [-0.05, 0) is 124 Å². The van der Waals surface area contributed by atoms with Gasteiger partial charge < -0.3 is 23.8 Å². The van der Waals surface area contributed by atoms with Crippen LogP contribution in [0.25, 0.3) is 33.0 Å². The minimum absolute atomic E-state index is 0.150. The van der Waals surface area contributed by atoms with Crippen molar-refractivity contribution in [3.05, 3.63) is 131 Å². The van der Waals surface area contributed by atoms with E-state index in [1.54, 1.807) is 14.2 Å². The fraction of sp³-hybridized carbons (Fsp3) is 0.333. The molecule has 9 rings (SSSR count). The van der Waals surface area contributed by atoms with E-state index in [9.17, 15) is 0 Å². The summed E-state index contributed by atoms with van der Waals surface area (Å²) in [5.74, 6) is 2.73. The van der Waals surface area contributed by atoms with Crippen LogP contribution < -0.4 is 19.1 Å². The average molecular weight is 704 g/mol. The van der Waals surface area contributed by atoms with Crippen LogP contribution in [0.2, 0.25) is 0 Å². The van der Waals surface area contributed by atoms with Crippen molar-refractivity contribution in [2.75, 3.05) is 45.4 Å². The first kappa shape index (κ1) is 33.8. The van der Waals surface area contributed by atoms with E-state index in [1.165, 1.54) is 55.5 Å². The van der Waals surface area contributed by atoms with E-state index in [1.807, 2.05) is 0 Å². The Morgan fingerprint density at radius 2 is 1.58 bits per heavy atom. The number of hydrogen-bond acceptors (Lipinski definition) is 5. The molecule has 4 aliphatic rings. The Morgan fingerprint density at radius 3 is 2.28 bits per heavy atom. The van der Waals surface area contributed by atoms with Crippen LogP contribution in [0.3, 0.4) is 0 Å². The summed E-state index contributed by atoms with van der Waals surface area (Å²) < 4.78 is 25.4. The average Bonchev–Trinajstić information content (AvgIpc) is 3.54. The van der Waals surface area contributed by atoms with Gasteiger partial charge in [-0.15, -0.1) is 0 Å². The van der Waals surface area contributed by atoms with Crippen molar-refractivity contribution >= 4 is 16.5 Å². The number of hydrogen-bond donors (Lipinski definition) is 0. The zero-order valence-corrected chi connectivity index (χ0v) is 31.5. The van der Waals surface area contributed by atoms with E-state index < -0.39 is 5.60 Å². The highest BCUT2D eigenvalue weighted by molar-refractivity contribution is 6.09. The molecule has 5 nitrogen and oxygen atoms in total. The molecule has 2 aliphatic heterocycles. The van der Waals surface area contributed by atoms with Crippen LogP contribution in [-0.2, 0) is 22.2 Å². The van der Waals surface area contributed by atoms with Crippen molar-refractivity contribution < 1.29 is 18.9 Å². The molecule has 5 aromatic rings. The number of fused-ring (bicyclic) bond motifs is 8. The van der Waals surface area contributed by atoms with Crippen LogP contribution in [0.1, 0.15) is 68.2 Å². The topological polar surface area (TPSA) is 40.2 Å². The molecule has 0 radical (unpaired) electrons. The highest BCUT2D eigenvalue weighted by atomic mass is 16.5. The minimum Gasteiger partial charge on any atom is -0.497 e. The molecule has 0 amide bonds. The number of rotatable bonds is 8. The lowest BCUT2D eigenvalue weighted by atomic mass is 9.69. The first-order valence-corrected chi connectivity index (χ1v) is 19.5. The predicted octanol–water partition coefficient (Wildman–Crippen LogP) is 10.9. The van der Waals surface area contributed by atoms with Crippen molar-refractivity contribution in [2.24, 2.45) is 0 Å². The second kappa shape index (κ2) is 13.4. The molecule has 1 saturated heterocycles. The van der Waals surface area contributed by atoms with E-state index in [0.29, 0.717) is 13.2 Å². The number of ether oxygens (including phenoxy) is 4. The summed E-state index contributed by atoms with van der Waals surface area (Å²) in [4.78, 5) is 2.43. The van der Waals surface area contributed by atoms with Gasteiger partial charge in [-0.1, -0.05) is 86.7 Å². The number of methoxy groups -OCH3 is 2. The van der Waals surface area contributed by atoms with Crippen LogP contribution in [-0.4, -0.2) is 40.5 Å². The molecule has 0 saturated carbocycles. The summed E-state index contributed by atoms with van der Waals surface area (Å²) >= 11 is 0. The molecule has 1 atom stereocenters. The number of anilines is 1. The number of benzene rings is 5. The van der Waals surface area contributed by atoms with Gasteiger partial charge >= 0.3 is 0 Å². The van der Waals surface area contributed by atoms with Crippen LogP contribution >= 0.6 is 0 Å². The SMILES string of the molecule is CCC1(CC)c2cc(-c3ccccc3)ccc2-c2c1c1c(c3cc(OC)c(N4CCOCC4)cc23)OC(C2=CC=CCC2)(c2ccc(OC)cc2)CC1. The Bertz CT molecular complexity index is 2240. The van der Waals surface area contributed by atoms with Gasteiger partial charge in [0.05, 0.1) is 33.1 Å². The van der Waals surface area contributed by atoms with Crippen molar-refractivity contribution in [1.82, 2.24) is 0 Å². The van der Waals surface area contributed by atoms with Gasteiger partial charge in [-0.25, -0.2) is 0 Å². The fourth-order valence-corrected chi connectivity index (χ4v) is 9.93. The molecule has 1 fully saturated rings. The largest absolute Gasteiger partial charge is 0.497 e. The van der Waals surface area contributed by atoms with Crippen molar-refractivity contribution in [1.29, 1.82) is 0 Å². The fourth-order valence-electron chi connectivity index (χ4n) is 9.93. The van der Waals surface area contributed by atoms with Crippen molar-refractivity contribution in [3.8, 4) is 39.5 Å². The van der Waals surface area contributed by atoms with Gasteiger partial charge in [0.1, 0.15) is 17.2 Å². The van der Waals surface area contributed by atoms with Crippen LogP contribution in [0.4, 0.5) is 5.69 Å². The van der Waals surface area contributed by atoms with E-state index in [0.717, 1.165) is 79.9 Å². The maximum absolute atomic E-state index is 7.78. The second-order valence-corrected chi connectivity index (χ2v) is 15.0. The molecule has 1 unspecified atom stereocenters. The third-order valence-electron chi connectivity index (χ3n) is 12.7. The Morgan fingerprint density at radius 1 is 0.792 bits per heavy atom. The van der Waals surface area contributed by atoms with Gasteiger partial charge in [0, 0.05) is 23.9 Å². The van der Waals surface area contributed by atoms with Crippen LogP contribution in [0, 0.1) is 0 Å². The first-order valence-electron chi connectivity index (χ1n) is 19.5. The zero-order valence-electron chi connectivity index (χ0n) is 31.5. The van der Waals surface area contributed by atoms with E-state index >= 15 is 0 Å². The molecule has 53 heavy (non-hydrogen) atoms. The summed E-state index contributed by atoms with van der Waals surface area (Å²) in [6, 6.07) is 31.3. The number of nitrogens with zero attached hydrogens (tertiary/aromatic N) is 1. The highest BCUT2D eigenvalue weighted by Gasteiger charge is 2.49. The Kier molecular flexibility index (Phi) is 8.58. The molecule has 5 aromatic carbocycles. The molecule has 0 bridgehead atoms. The van der Waals surface area contributed by atoms with Crippen LogP contribution in [0.5, 0.6) is 17.2 Å². The van der Waals surface area contributed by atoms with Gasteiger partial charge in [-0.3, -0.25) is 0 Å². The normalized spacial score (nSPS) is 19.9. The van der Waals surface area contributed by atoms with E-state index in [4.69, 9.17) is 18.9 Å². The van der Waals surface area contributed by atoms with Gasteiger partial charge in [0.15, 0.2) is 5.60 Å². The molecular weight excluding hydrogens is 655 g/mol. The lowest BCUT2D eigenvalue weighted by Gasteiger charge is -2.44. The third-order valence-corrected chi connectivity index (χ3v) is 12.7. The van der Waals surface area contributed by atoms with E-state index in [-0.39, 0.29) is 5.41 Å². The number of allylic oxidation sites excluding steroid dienone is 3. The number of morpholine rings is 1. The summed E-state index contributed by atoms with van der Waals surface area (Å²) in [6.07, 6.45) is 12.5. The summed E-state index contributed by atoms with van der Waals surface area (Å²) in [6.45, 7) is 7.84. The standard InChI is InChI=1S/C48H49NO4/c1-5-47(6-2)41-29-33(32-13-9-7-10-14-32)17-22-37(41)44-39-30-42(49-25-27-52-28-26-49)43(51-4)31-40(39)46-38(45(44)47)23-24-48(53-46,34-15-11-8-12-16-34)35-18-20-36(50-3)21-19-35/h7-11,13-15,17-22,29-31H,5-6,12,16,23-28H2,1-4H3. The Balaban J connectivity index is 1.35. The van der Waals surface area contributed by atoms with Gasteiger partial charge in [0.2, 0.25) is 0 Å². The van der Waals surface area contributed by atoms with Gasteiger partial charge in [-0.2, -0.15) is 0 Å². The Hall–Kier alpha value is -5.00. The van der Waals surface area contributed by atoms with Crippen molar-refractivity contribution in [3.63, 3.8) is 0 Å². The molecule has 5 heteroatoms. The first-order chi connectivity index (χ1) is 26.0. The summed E-state index contributed by atoms with van der Waals surface area (Å²) in [7, 11) is 3.53. The monoisotopic (exact) mass is 703 g/mol. The summed E-state index contributed by atoms with van der Waals surface area (Å²) in [5, 5.41) is 2.36. The highest BCUT2D eigenvalue weighted by Crippen LogP contribution is 2.62.